The fraction of sp³-hybridized carbons (Fsp3) is 0.300. The number of nitrogens with one attached hydrogen (secondary N) is 3. The highest BCUT2D eigenvalue weighted by Gasteiger charge is 2.62. The Bertz CT molecular complexity index is 1050. The van der Waals surface area contributed by atoms with Gasteiger partial charge in [0.2, 0.25) is 0 Å². The first-order valence-electron chi connectivity index (χ1n) is 9.11. The molecule has 28 heavy (non-hydrogen) atoms. The summed E-state index contributed by atoms with van der Waals surface area (Å²) in [5, 5.41) is 26.1. The van der Waals surface area contributed by atoms with Crippen molar-refractivity contribution in [2.24, 2.45) is 11.8 Å². The Labute approximate surface area is 171 Å². The number of rotatable bonds is 3. The van der Waals surface area contributed by atoms with Crippen molar-refractivity contribution < 1.29 is 9.90 Å². The molecule has 3 aromatic rings. The highest BCUT2D eigenvalue weighted by molar-refractivity contribution is 6.31. The molecule has 0 bridgehead atoms. The summed E-state index contributed by atoms with van der Waals surface area (Å²) >= 11 is 12.1. The van der Waals surface area contributed by atoms with Gasteiger partial charge in [-0.1, -0.05) is 23.2 Å². The molecule has 0 aliphatic heterocycles. The summed E-state index contributed by atoms with van der Waals surface area (Å²) in [6.07, 6.45) is 2.90. The van der Waals surface area contributed by atoms with E-state index in [4.69, 9.17) is 23.2 Å². The molecule has 0 saturated heterocycles. The van der Waals surface area contributed by atoms with Crippen LogP contribution in [0.2, 0.25) is 10.0 Å². The van der Waals surface area contributed by atoms with Crippen molar-refractivity contribution in [1.82, 2.24) is 15.5 Å². The molecule has 2 aliphatic carbocycles. The zero-order valence-corrected chi connectivity index (χ0v) is 16.3. The van der Waals surface area contributed by atoms with Crippen molar-refractivity contribution in [1.29, 1.82) is 0 Å². The lowest BCUT2D eigenvalue weighted by Crippen LogP contribution is -2.36. The predicted octanol–water partition coefficient (Wildman–Crippen LogP) is 4.29. The Morgan fingerprint density at radius 1 is 1.14 bits per heavy atom. The number of aliphatic hydroxyl groups is 1. The molecule has 144 valence electrons. The van der Waals surface area contributed by atoms with Gasteiger partial charge >= 0.3 is 6.03 Å². The fourth-order valence-electron chi connectivity index (χ4n) is 4.55. The number of halogens is 2. The highest BCUT2D eigenvalue weighted by atomic mass is 35.5. The summed E-state index contributed by atoms with van der Waals surface area (Å²) in [6.45, 7) is 0. The van der Waals surface area contributed by atoms with E-state index in [1.165, 1.54) is 0 Å². The van der Waals surface area contributed by atoms with Crippen molar-refractivity contribution in [2.75, 3.05) is 5.32 Å². The first-order chi connectivity index (χ1) is 13.4. The first-order valence-corrected chi connectivity index (χ1v) is 9.87. The lowest BCUT2D eigenvalue weighted by Gasteiger charge is -2.27. The molecule has 1 aromatic heterocycles. The van der Waals surface area contributed by atoms with Crippen LogP contribution >= 0.6 is 23.2 Å². The number of fused-ring (bicyclic) bond motifs is 2. The number of carbonyl (C=O) groups excluding carboxylic acids is 1. The molecule has 1 heterocycles. The van der Waals surface area contributed by atoms with E-state index in [2.05, 4.69) is 20.8 Å². The minimum Gasteiger partial charge on any atom is -0.385 e. The molecule has 4 N–H and O–H groups in total. The molecule has 0 radical (unpaired) electrons. The van der Waals surface area contributed by atoms with Gasteiger partial charge in [-0.2, -0.15) is 5.10 Å². The number of hydrogen-bond donors (Lipinski definition) is 4. The van der Waals surface area contributed by atoms with Gasteiger partial charge in [0, 0.05) is 27.2 Å². The van der Waals surface area contributed by atoms with Crippen LogP contribution in [0.1, 0.15) is 18.4 Å². The van der Waals surface area contributed by atoms with E-state index in [9.17, 15) is 9.90 Å². The third-order valence-corrected chi connectivity index (χ3v) is 6.37. The average Bonchev–Trinajstić information content (AvgIpc) is 3.03. The number of urea groups is 1. The third kappa shape index (κ3) is 3.02. The minimum absolute atomic E-state index is 0.0756. The summed E-state index contributed by atoms with van der Waals surface area (Å²) in [4.78, 5) is 12.2. The van der Waals surface area contributed by atoms with E-state index < -0.39 is 5.60 Å². The summed E-state index contributed by atoms with van der Waals surface area (Å²) < 4.78 is 0. The number of H-pyrrole nitrogens is 1. The van der Waals surface area contributed by atoms with Crippen LogP contribution in [0.3, 0.4) is 0 Å². The van der Waals surface area contributed by atoms with Gasteiger partial charge in [-0.25, -0.2) is 4.79 Å². The quantitative estimate of drug-likeness (QED) is 0.513. The number of benzene rings is 2. The van der Waals surface area contributed by atoms with E-state index in [-0.39, 0.29) is 23.9 Å². The largest absolute Gasteiger partial charge is 0.385 e. The monoisotopic (exact) mass is 416 g/mol. The Hall–Kier alpha value is -2.28. The van der Waals surface area contributed by atoms with Crippen molar-refractivity contribution in [3.8, 4) is 0 Å². The number of amides is 2. The molecular formula is C20H18Cl2N4O2. The first kappa shape index (κ1) is 17.8. The summed E-state index contributed by atoms with van der Waals surface area (Å²) in [7, 11) is 0. The maximum atomic E-state index is 12.2. The van der Waals surface area contributed by atoms with Gasteiger partial charge < -0.3 is 15.7 Å². The second-order valence-electron chi connectivity index (χ2n) is 7.68. The van der Waals surface area contributed by atoms with Crippen molar-refractivity contribution >= 4 is 45.8 Å². The zero-order chi connectivity index (χ0) is 19.5. The molecule has 0 unspecified atom stereocenters. The summed E-state index contributed by atoms with van der Waals surface area (Å²) in [5.41, 5.74) is 1.35. The number of carbonyl (C=O) groups is 1. The second-order valence-corrected chi connectivity index (χ2v) is 8.56. The van der Waals surface area contributed by atoms with Crippen LogP contribution in [0.15, 0.2) is 42.6 Å². The van der Waals surface area contributed by atoms with Crippen LogP contribution in [0.5, 0.6) is 0 Å². The van der Waals surface area contributed by atoms with Gasteiger partial charge in [0.15, 0.2) is 0 Å². The summed E-state index contributed by atoms with van der Waals surface area (Å²) in [6, 6.07) is 10.4. The molecule has 2 aliphatic rings. The number of nitrogens with zero attached hydrogens (tertiary/aromatic N) is 1. The molecule has 8 heteroatoms. The van der Waals surface area contributed by atoms with Crippen molar-refractivity contribution in [2.45, 2.75) is 24.5 Å². The SMILES string of the molecule is O=C(Nc1ccc(Cl)cc1)N[C@H]1[C@@H]2C[C@](O)(c3cc(Cl)cc4[nH]ncc34)C[C@@H]21. The van der Waals surface area contributed by atoms with Gasteiger partial charge in [0.1, 0.15) is 0 Å². The van der Waals surface area contributed by atoms with Gasteiger partial charge in [-0.05, 0) is 66.6 Å². The Morgan fingerprint density at radius 3 is 2.57 bits per heavy atom. The van der Waals surface area contributed by atoms with E-state index in [0.29, 0.717) is 28.6 Å². The second kappa shape index (κ2) is 6.37. The topological polar surface area (TPSA) is 90.0 Å². The minimum atomic E-state index is -0.951. The maximum absolute atomic E-state index is 12.2. The third-order valence-electron chi connectivity index (χ3n) is 5.90. The molecule has 2 aromatic carbocycles. The normalized spacial score (nSPS) is 28.2. The lowest BCUT2D eigenvalue weighted by molar-refractivity contribution is 0.0300. The average molecular weight is 417 g/mol. The molecule has 2 saturated carbocycles. The van der Waals surface area contributed by atoms with Gasteiger partial charge in [0.25, 0.3) is 0 Å². The molecule has 5 rings (SSSR count). The van der Waals surface area contributed by atoms with E-state index in [1.807, 2.05) is 6.07 Å². The van der Waals surface area contributed by atoms with E-state index in [0.717, 1.165) is 16.5 Å². The molecule has 0 spiro atoms. The highest BCUT2D eigenvalue weighted by Crippen LogP contribution is 2.60. The molecule has 4 atom stereocenters. The molecule has 2 amide bonds. The lowest BCUT2D eigenvalue weighted by atomic mass is 9.86. The molecular weight excluding hydrogens is 399 g/mol. The van der Waals surface area contributed by atoms with Crippen LogP contribution in [-0.4, -0.2) is 27.4 Å². The smallest absolute Gasteiger partial charge is 0.319 e. The Morgan fingerprint density at radius 2 is 1.86 bits per heavy atom. The number of aromatic amines is 1. The number of aromatic nitrogens is 2. The fourth-order valence-corrected chi connectivity index (χ4v) is 4.90. The van der Waals surface area contributed by atoms with Crippen molar-refractivity contribution in [3.63, 3.8) is 0 Å². The van der Waals surface area contributed by atoms with Gasteiger partial charge in [0.05, 0.1) is 17.3 Å². The predicted molar refractivity (Wildman–Crippen MR) is 109 cm³/mol. The Balaban J connectivity index is 1.26. The van der Waals surface area contributed by atoms with E-state index >= 15 is 0 Å². The Kier molecular flexibility index (Phi) is 4.05. The maximum Gasteiger partial charge on any atom is 0.319 e. The van der Waals surface area contributed by atoms with Gasteiger partial charge in [-0.3, -0.25) is 5.10 Å². The number of hydrogen-bond acceptors (Lipinski definition) is 3. The zero-order valence-electron chi connectivity index (χ0n) is 14.7. The van der Waals surface area contributed by atoms with Crippen LogP contribution in [0, 0.1) is 11.8 Å². The van der Waals surface area contributed by atoms with Crippen LogP contribution < -0.4 is 10.6 Å². The summed E-state index contributed by atoms with van der Waals surface area (Å²) in [5.74, 6) is 0.504. The molecule has 6 nitrogen and oxygen atoms in total. The van der Waals surface area contributed by atoms with Crippen molar-refractivity contribution in [3.05, 3.63) is 58.2 Å². The standard InChI is InChI=1S/C20H18Cl2N4O2/c21-10-1-3-12(4-2-10)24-19(27)25-18-13-7-20(28,8-14(13)18)16-5-11(22)6-17-15(16)9-23-26-17/h1-6,9,13-14,18,28H,7-8H2,(H,23,26)(H2,24,25,27)/t13-,14+,18+,20-. The van der Waals surface area contributed by atoms with Crippen LogP contribution in [0.25, 0.3) is 10.9 Å². The molecule has 2 fully saturated rings. The van der Waals surface area contributed by atoms with Gasteiger partial charge in [-0.15, -0.1) is 0 Å². The van der Waals surface area contributed by atoms with E-state index in [1.54, 1.807) is 36.5 Å². The number of anilines is 1. The van der Waals surface area contributed by atoms with Crippen LogP contribution in [-0.2, 0) is 5.60 Å². The van der Waals surface area contributed by atoms with Crippen LogP contribution in [0.4, 0.5) is 10.5 Å².